The molecule has 1 fully saturated rings. The molecular weight excluding hydrogens is 267 g/mol. The van der Waals surface area contributed by atoms with E-state index in [-0.39, 0.29) is 23.4 Å². The van der Waals surface area contributed by atoms with E-state index in [0.29, 0.717) is 18.7 Å². The molecule has 0 atom stereocenters. The number of carbonyl (C=O) groups is 1. The number of rotatable bonds is 1. The molecule has 4 heteroatoms. The van der Waals surface area contributed by atoms with Gasteiger partial charge in [-0.3, -0.25) is 4.79 Å². The maximum Gasteiger partial charge on any atom is 0.256 e. The number of amides is 1. The number of likely N-dealkylation sites (tertiary alicyclic amines) is 1. The SMILES string of the molecule is CC1(C)CCCN(C(=O)c2ccc(C#CCN)cc2F)C1. The fourth-order valence-corrected chi connectivity index (χ4v) is 2.69. The number of hydrogen-bond acceptors (Lipinski definition) is 2. The molecule has 1 heterocycles. The van der Waals surface area contributed by atoms with Crippen LogP contribution >= 0.6 is 0 Å². The van der Waals surface area contributed by atoms with Crippen LogP contribution in [0.1, 0.15) is 42.6 Å². The van der Waals surface area contributed by atoms with E-state index in [4.69, 9.17) is 5.73 Å². The topological polar surface area (TPSA) is 46.3 Å². The molecule has 0 unspecified atom stereocenters. The molecule has 3 nitrogen and oxygen atoms in total. The summed E-state index contributed by atoms with van der Waals surface area (Å²) in [7, 11) is 0. The third-order valence-corrected chi connectivity index (χ3v) is 3.72. The van der Waals surface area contributed by atoms with Crippen molar-refractivity contribution >= 4 is 5.91 Å². The first-order valence-corrected chi connectivity index (χ1v) is 7.21. The van der Waals surface area contributed by atoms with Gasteiger partial charge in [-0.05, 0) is 36.5 Å². The Balaban J connectivity index is 2.19. The van der Waals surface area contributed by atoms with Crippen LogP contribution in [0.4, 0.5) is 4.39 Å². The molecule has 112 valence electrons. The lowest BCUT2D eigenvalue weighted by Gasteiger charge is -2.38. The molecule has 0 saturated carbocycles. The van der Waals surface area contributed by atoms with E-state index in [1.165, 1.54) is 12.1 Å². The molecule has 21 heavy (non-hydrogen) atoms. The van der Waals surface area contributed by atoms with Gasteiger partial charge in [0.2, 0.25) is 0 Å². The zero-order chi connectivity index (χ0) is 15.5. The van der Waals surface area contributed by atoms with Crippen molar-refractivity contribution in [2.45, 2.75) is 26.7 Å². The van der Waals surface area contributed by atoms with E-state index in [2.05, 4.69) is 25.7 Å². The van der Waals surface area contributed by atoms with Crippen LogP contribution in [-0.4, -0.2) is 30.4 Å². The molecule has 1 saturated heterocycles. The van der Waals surface area contributed by atoms with E-state index < -0.39 is 5.82 Å². The second-order valence-electron chi connectivity index (χ2n) is 6.20. The van der Waals surface area contributed by atoms with Gasteiger partial charge >= 0.3 is 0 Å². The highest BCUT2D eigenvalue weighted by molar-refractivity contribution is 5.94. The van der Waals surface area contributed by atoms with Crippen LogP contribution in [0, 0.1) is 23.1 Å². The Labute approximate surface area is 125 Å². The normalized spacial score (nSPS) is 17.0. The van der Waals surface area contributed by atoms with Crippen LogP contribution in [0.5, 0.6) is 0 Å². The highest BCUT2D eigenvalue weighted by Gasteiger charge is 2.30. The molecule has 2 N–H and O–H groups in total. The summed E-state index contributed by atoms with van der Waals surface area (Å²) in [6.45, 7) is 5.85. The van der Waals surface area contributed by atoms with Crippen molar-refractivity contribution in [1.82, 2.24) is 4.90 Å². The predicted molar refractivity (Wildman–Crippen MR) is 81.3 cm³/mol. The highest BCUT2D eigenvalue weighted by Crippen LogP contribution is 2.29. The molecule has 1 aliphatic heterocycles. The van der Waals surface area contributed by atoms with Gasteiger partial charge in [0.1, 0.15) is 5.82 Å². The average molecular weight is 288 g/mol. The van der Waals surface area contributed by atoms with Gasteiger partial charge in [-0.25, -0.2) is 4.39 Å². The van der Waals surface area contributed by atoms with Crippen molar-refractivity contribution in [3.63, 3.8) is 0 Å². The van der Waals surface area contributed by atoms with Gasteiger partial charge in [0.25, 0.3) is 5.91 Å². The fraction of sp³-hybridized carbons (Fsp3) is 0.471. The van der Waals surface area contributed by atoms with E-state index in [9.17, 15) is 9.18 Å². The van der Waals surface area contributed by atoms with Gasteiger partial charge in [-0.15, -0.1) is 0 Å². The molecule has 1 aromatic rings. The predicted octanol–water partition coefficient (Wildman–Crippen LogP) is 2.40. The minimum atomic E-state index is -0.521. The largest absolute Gasteiger partial charge is 0.338 e. The van der Waals surface area contributed by atoms with Gasteiger partial charge in [0.05, 0.1) is 12.1 Å². The molecule has 1 aliphatic rings. The molecule has 1 amide bonds. The minimum absolute atomic E-state index is 0.0942. The zero-order valence-corrected chi connectivity index (χ0v) is 12.6. The summed E-state index contributed by atoms with van der Waals surface area (Å²) in [4.78, 5) is 14.2. The first kappa shape index (κ1) is 15.5. The van der Waals surface area contributed by atoms with Gasteiger partial charge in [0, 0.05) is 18.7 Å². The number of piperidine rings is 1. The van der Waals surface area contributed by atoms with Gasteiger partial charge in [-0.1, -0.05) is 25.7 Å². The monoisotopic (exact) mass is 288 g/mol. The quantitative estimate of drug-likeness (QED) is 0.807. The van der Waals surface area contributed by atoms with Crippen LogP contribution in [0.15, 0.2) is 18.2 Å². The number of carbonyl (C=O) groups excluding carboxylic acids is 1. The Bertz CT molecular complexity index is 599. The fourth-order valence-electron chi connectivity index (χ4n) is 2.69. The standard InChI is InChI=1S/C17H21FN2O/c1-17(2)8-4-10-20(12-17)16(21)14-7-6-13(5-3-9-19)11-15(14)18/h6-7,11H,4,8-10,12,19H2,1-2H3. The molecule has 0 spiro atoms. The summed E-state index contributed by atoms with van der Waals surface area (Å²) in [6.07, 6.45) is 2.05. The van der Waals surface area contributed by atoms with Crippen molar-refractivity contribution in [2.24, 2.45) is 11.1 Å². The molecule has 2 rings (SSSR count). The van der Waals surface area contributed by atoms with Crippen molar-refractivity contribution in [2.75, 3.05) is 19.6 Å². The Morgan fingerprint density at radius 3 is 2.86 bits per heavy atom. The van der Waals surface area contributed by atoms with Crippen LogP contribution in [0.2, 0.25) is 0 Å². The number of halogens is 1. The van der Waals surface area contributed by atoms with Gasteiger partial charge in [0.15, 0.2) is 0 Å². The van der Waals surface area contributed by atoms with Crippen molar-refractivity contribution in [3.05, 3.63) is 35.1 Å². The zero-order valence-electron chi connectivity index (χ0n) is 12.6. The number of hydrogen-bond donors (Lipinski definition) is 1. The number of nitrogens with zero attached hydrogens (tertiary/aromatic N) is 1. The van der Waals surface area contributed by atoms with Crippen molar-refractivity contribution in [1.29, 1.82) is 0 Å². The molecule has 1 aromatic carbocycles. The highest BCUT2D eigenvalue weighted by atomic mass is 19.1. The maximum absolute atomic E-state index is 14.1. The third-order valence-electron chi connectivity index (χ3n) is 3.72. The second kappa shape index (κ2) is 6.28. The molecule has 0 radical (unpaired) electrons. The lowest BCUT2D eigenvalue weighted by Crippen LogP contribution is -2.43. The van der Waals surface area contributed by atoms with E-state index >= 15 is 0 Å². The number of benzene rings is 1. The molecule has 0 aromatic heterocycles. The van der Waals surface area contributed by atoms with Gasteiger partial charge in [-0.2, -0.15) is 0 Å². The van der Waals surface area contributed by atoms with Crippen LogP contribution in [-0.2, 0) is 0 Å². The number of nitrogens with two attached hydrogens (primary N) is 1. The lowest BCUT2D eigenvalue weighted by molar-refractivity contribution is 0.0579. The third kappa shape index (κ3) is 3.83. The first-order chi connectivity index (χ1) is 9.93. The van der Waals surface area contributed by atoms with Crippen LogP contribution in [0.3, 0.4) is 0 Å². The summed E-state index contributed by atoms with van der Waals surface area (Å²) in [5.41, 5.74) is 6.03. The minimum Gasteiger partial charge on any atom is -0.338 e. The smallest absolute Gasteiger partial charge is 0.256 e. The van der Waals surface area contributed by atoms with Gasteiger partial charge < -0.3 is 10.6 Å². The summed E-state index contributed by atoms with van der Waals surface area (Å²) in [5, 5.41) is 0. The summed E-state index contributed by atoms with van der Waals surface area (Å²) < 4.78 is 14.1. The maximum atomic E-state index is 14.1. The summed E-state index contributed by atoms with van der Waals surface area (Å²) >= 11 is 0. The van der Waals surface area contributed by atoms with Crippen molar-refractivity contribution < 1.29 is 9.18 Å². The Morgan fingerprint density at radius 2 is 2.24 bits per heavy atom. The van der Waals surface area contributed by atoms with Crippen LogP contribution < -0.4 is 5.73 Å². The van der Waals surface area contributed by atoms with E-state index in [1.807, 2.05) is 0 Å². The van der Waals surface area contributed by atoms with Crippen molar-refractivity contribution in [3.8, 4) is 11.8 Å². The summed E-state index contributed by atoms with van der Waals surface area (Å²) in [6, 6.07) is 4.47. The Morgan fingerprint density at radius 1 is 1.48 bits per heavy atom. The first-order valence-electron chi connectivity index (χ1n) is 7.21. The molecule has 0 bridgehead atoms. The average Bonchev–Trinajstić information content (AvgIpc) is 2.43. The Hall–Kier alpha value is -1.86. The van der Waals surface area contributed by atoms with Crippen LogP contribution in [0.25, 0.3) is 0 Å². The molecule has 0 aliphatic carbocycles. The second-order valence-corrected chi connectivity index (χ2v) is 6.20. The van der Waals surface area contributed by atoms with E-state index in [1.54, 1.807) is 11.0 Å². The summed E-state index contributed by atoms with van der Waals surface area (Å²) in [5.74, 6) is 4.68. The van der Waals surface area contributed by atoms with E-state index in [0.717, 1.165) is 12.8 Å². The lowest BCUT2D eigenvalue weighted by atomic mass is 9.84. The Kier molecular flexibility index (Phi) is 4.64. The molecular formula is C17H21FN2O.